The third-order valence-corrected chi connectivity index (χ3v) is 6.30. The van der Waals surface area contributed by atoms with E-state index in [0.717, 1.165) is 16.8 Å². The molecule has 0 bridgehead atoms. The van der Waals surface area contributed by atoms with Gasteiger partial charge < -0.3 is 23.8 Å². The normalized spacial score (nSPS) is 10.8. The number of ether oxygens (including phenoxy) is 4. The third-order valence-electron chi connectivity index (χ3n) is 6.30. The fourth-order valence-electron chi connectivity index (χ4n) is 4.29. The molecule has 0 spiro atoms. The van der Waals surface area contributed by atoms with Gasteiger partial charge >= 0.3 is 0 Å². The maximum atomic E-state index is 11.6. The van der Waals surface area contributed by atoms with Crippen LogP contribution in [0.2, 0.25) is 0 Å². The summed E-state index contributed by atoms with van der Waals surface area (Å²) in [6, 6.07) is 30.7. The lowest BCUT2D eigenvalue weighted by Crippen LogP contribution is -2.23. The van der Waals surface area contributed by atoms with Crippen LogP contribution in [0, 0.1) is 17.0 Å². The van der Waals surface area contributed by atoms with Crippen LogP contribution in [0.1, 0.15) is 16.7 Å². The summed E-state index contributed by atoms with van der Waals surface area (Å²) in [7, 11) is 1.64. The predicted molar refractivity (Wildman–Crippen MR) is 155 cm³/mol. The van der Waals surface area contributed by atoms with E-state index in [1.54, 1.807) is 26.2 Å². The van der Waals surface area contributed by atoms with Crippen molar-refractivity contribution < 1.29 is 23.9 Å². The number of rotatable bonds is 15. The average Bonchev–Trinajstić information content (AvgIpc) is 2.96. The second kappa shape index (κ2) is 14.7. The van der Waals surface area contributed by atoms with E-state index in [-0.39, 0.29) is 10.6 Å². The van der Waals surface area contributed by atoms with E-state index in [9.17, 15) is 10.1 Å². The van der Waals surface area contributed by atoms with Crippen molar-refractivity contribution in [2.45, 2.75) is 20.0 Å². The minimum Gasteiger partial charge on any atom is -0.491 e. The van der Waals surface area contributed by atoms with Gasteiger partial charge in [-0.1, -0.05) is 54.6 Å². The zero-order valence-electron chi connectivity index (χ0n) is 22.8. The number of nitro groups is 1. The molecule has 0 aliphatic carbocycles. The summed E-state index contributed by atoms with van der Waals surface area (Å²) in [5.41, 5.74) is 3.77. The molecule has 208 valence electrons. The molecule has 0 saturated heterocycles. The molecular formula is C32H34N2O6. The van der Waals surface area contributed by atoms with Gasteiger partial charge in [-0.25, -0.2) is 0 Å². The summed E-state index contributed by atoms with van der Waals surface area (Å²) in [6.07, 6.45) is 0. The van der Waals surface area contributed by atoms with Crippen LogP contribution in [-0.4, -0.2) is 38.5 Å². The molecule has 0 aliphatic rings. The van der Waals surface area contributed by atoms with Crippen LogP contribution < -0.4 is 14.4 Å². The quantitative estimate of drug-likeness (QED) is 0.0914. The first-order valence-corrected chi connectivity index (χ1v) is 13.1. The highest BCUT2D eigenvalue weighted by molar-refractivity contribution is 5.62. The van der Waals surface area contributed by atoms with Gasteiger partial charge in [0.25, 0.3) is 5.69 Å². The summed E-state index contributed by atoms with van der Waals surface area (Å²) in [6.45, 7) is 5.00. The van der Waals surface area contributed by atoms with Gasteiger partial charge in [-0.05, 0) is 48.4 Å². The Hall–Kier alpha value is -4.40. The maximum Gasteiger partial charge on any atom is 0.274 e. The summed E-state index contributed by atoms with van der Waals surface area (Å²) < 4.78 is 22.2. The first kappa shape index (κ1) is 28.6. The van der Waals surface area contributed by atoms with Crippen LogP contribution in [0.4, 0.5) is 11.4 Å². The van der Waals surface area contributed by atoms with Crippen molar-refractivity contribution in [1.29, 1.82) is 0 Å². The Bertz CT molecular complexity index is 1360. The van der Waals surface area contributed by atoms with Crippen LogP contribution >= 0.6 is 0 Å². The Morgan fingerprint density at radius 3 is 2.12 bits per heavy atom. The molecule has 0 saturated carbocycles. The molecule has 40 heavy (non-hydrogen) atoms. The van der Waals surface area contributed by atoms with Gasteiger partial charge in [0.1, 0.15) is 23.9 Å². The lowest BCUT2D eigenvalue weighted by Gasteiger charge is -2.27. The predicted octanol–water partition coefficient (Wildman–Crippen LogP) is 6.94. The van der Waals surface area contributed by atoms with Gasteiger partial charge in [-0.15, -0.1) is 0 Å². The number of benzene rings is 4. The van der Waals surface area contributed by atoms with Gasteiger partial charge in [0.2, 0.25) is 0 Å². The summed E-state index contributed by atoms with van der Waals surface area (Å²) in [4.78, 5) is 13.4. The number of nitrogens with zero attached hydrogens (tertiary/aromatic N) is 2. The summed E-state index contributed by atoms with van der Waals surface area (Å²) >= 11 is 0. The summed E-state index contributed by atoms with van der Waals surface area (Å²) in [5.74, 6) is 2.07. The van der Waals surface area contributed by atoms with Gasteiger partial charge in [0, 0.05) is 38.0 Å². The van der Waals surface area contributed by atoms with Crippen LogP contribution in [0.15, 0.2) is 97.1 Å². The second-order valence-electron chi connectivity index (χ2n) is 9.19. The Kier molecular flexibility index (Phi) is 10.5. The highest BCUT2D eigenvalue weighted by atomic mass is 16.6. The van der Waals surface area contributed by atoms with Gasteiger partial charge in [0.05, 0.1) is 30.3 Å². The van der Waals surface area contributed by atoms with E-state index < -0.39 is 0 Å². The van der Waals surface area contributed by atoms with E-state index >= 15 is 0 Å². The first-order valence-electron chi connectivity index (χ1n) is 13.1. The molecule has 0 atom stereocenters. The molecule has 8 nitrogen and oxygen atoms in total. The third kappa shape index (κ3) is 8.30. The summed E-state index contributed by atoms with van der Waals surface area (Å²) in [5, 5.41) is 11.6. The van der Waals surface area contributed by atoms with Crippen LogP contribution in [0.25, 0.3) is 0 Å². The second-order valence-corrected chi connectivity index (χ2v) is 9.19. The minimum atomic E-state index is -0.331. The Morgan fingerprint density at radius 1 is 0.725 bits per heavy atom. The average molecular weight is 543 g/mol. The van der Waals surface area contributed by atoms with E-state index in [0.29, 0.717) is 62.3 Å². The number of methoxy groups -OCH3 is 1. The number of hydrogen-bond donors (Lipinski definition) is 0. The van der Waals surface area contributed by atoms with Crippen LogP contribution in [0.3, 0.4) is 0 Å². The van der Waals surface area contributed by atoms with Crippen molar-refractivity contribution in [2.75, 3.05) is 38.4 Å². The first-order chi connectivity index (χ1) is 19.5. The van der Waals surface area contributed by atoms with E-state index in [4.69, 9.17) is 18.9 Å². The van der Waals surface area contributed by atoms with E-state index in [1.807, 2.05) is 72.8 Å². The van der Waals surface area contributed by atoms with E-state index in [2.05, 4.69) is 17.0 Å². The highest BCUT2D eigenvalue weighted by Gasteiger charge is 2.18. The van der Waals surface area contributed by atoms with Crippen molar-refractivity contribution in [3.05, 3.63) is 124 Å². The fraction of sp³-hybridized carbons (Fsp3) is 0.250. The minimum absolute atomic E-state index is 0.115. The molecular weight excluding hydrogens is 508 g/mol. The number of nitro benzene ring substituents is 1. The lowest BCUT2D eigenvalue weighted by molar-refractivity contribution is -0.385. The zero-order valence-corrected chi connectivity index (χ0v) is 22.8. The zero-order chi connectivity index (χ0) is 28.2. The lowest BCUT2D eigenvalue weighted by atomic mass is 10.1. The molecule has 0 amide bonds. The fourth-order valence-corrected chi connectivity index (χ4v) is 4.29. The van der Waals surface area contributed by atoms with Gasteiger partial charge in [-0.3, -0.25) is 10.1 Å². The monoisotopic (exact) mass is 542 g/mol. The SMILES string of the molecule is COCCOCCOc1cccc(Oc2ccc(CN(Cc3ccccc3)c3cccc([N+](=O)[O-])c3C)cc2)c1. The van der Waals surface area contributed by atoms with Crippen molar-refractivity contribution in [3.63, 3.8) is 0 Å². The Morgan fingerprint density at radius 2 is 1.40 bits per heavy atom. The molecule has 8 heteroatoms. The number of anilines is 1. The van der Waals surface area contributed by atoms with Crippen molar-refractivity contribution in [2.24, 2.45) is 0 Å². The maximum absolute atomic E-state index is 11.6. The van der Waals surface area contributed by atoms with Crippen molar-refractivity contribution in [1.82, 2.24) is 0 Å². The molecule has 4 aromatic rings. The standard InChI is InChI=1S/C32H34N2O6/c1-25-31(12-7-13-32(25)34(35)36)33(23-26-8-4-3-5-9-26)24-27-14-16-28(17-15-27)40-30-11-6-10-29(22-30)39-21-20-38-19-18-37-2/h3-17,22H,18-21,23-24H2,1-2H3. The van der Waals surface area contributed by atoms with Gasteiger partial charge in [-0.2, -0.15) is 0 Å². The van der Waals surface area contributed by atoms with Crippen molar-refractivity contribution in [3.8, 4) is 17.2 Å². The molecule has 0 fully saturated rings. The largest absolute Gasteiger partial charge is 0.491 e. The smallest absolute Gasteiger partial charge is 0.274 e. The topological polar surface area (TPSA) is 83.3 Å². The van der Waals surface area contributed by atoms with Crippen LogP contribution in [0.5, 0.6) is 17.2 Å². The molecule has 0 radical (unpaired) electrons. The van der Waals surface area contributed by atoms with Crippen LogP contribution in [-0.2, 0) is 22.6 Å². The molecule has 4 aromatic carbocycles. The Labute approximate surface area is 234 Å². The van der Waals surface area contributed by atoms with Gasteiger partial charge in [0.15, 0.2) is 0 Å². The number of hydrogen-bond acceptors (Lipinski definition) is 7. The van der Waals surface area contributed by atoms with E-state index in [1.165, 1.54) is 0 Å². The molecule has 0 heterocycles. The molecule has 0 N–H and O–H groups in total. The highest BCUT2D eigenvalue weighted by Crippen LogP contribution is 2.31. The molecule has 0 unspecified atom stereocenters. The van der Waals surface area contributed by atoms with Crippen molar-refractivity contribution >= 4 is 11.4 Å². The molecule has 4 rings (SSSR count). The molecule has 0 aliphatic heterocycles. The Balaban J connectivity index is 1.43. The molecule has 0 aromatic heterocycles.